The third kappa shape index (κ3) is 2.21. The summed E-state index contributed by atoms with van der Waals surface area (Å²) in [6, 6.07) is 12.1. The highest BCUT2D eigenvalue weighted by Crippen LogP contribution is 2.37. The van der Waals surface area contributed by atoms with Crippen LogP contribution in [0.2, 0.25) is 0 Å². The van der Waals surface area contributed by atoms with Crippen LogP contribution in [0.4, 0.5) is 0 Å². The van der Waals surface area contributed by atoms with Crippen molar-refractivity contribution in [3.63, 3.8) is 0 Å². The maximum atomic E-state index is 10.5. The summed E-state index contributed by atoms with van der Waals surface area (Å²) in [5.41, 5.74) is 0.907. The highest BCUT2D eigenvalue weighted by molar-refractivity contribution is 5.88. The predicted molar refractivity (Wildman–Crippen MR) is 74.9 cm³/mol. The molecule has 0 bridgehead atoms. The zero-order valence-corrected chi connectivity index (χ0v) is 11.2. The fraction of sp³-hybridized carbons (Fsp3) is 0.375. The van der Waals surface area contributed by atoms with Crippen molar-refractivity contribution in [3.05, 3.63) is 42.0 Å². The third-order valence-corrected chi connectivity index (χ3v) is 3.63. The van der Waals surface area contributed by atoms with E-state index in [9.17, 15) is 5.11 Å². The topological polar surface area (TPSA) is 29.5 Å². The van der Waals surface area contributed by atoms with E-state index in [1.165, 1.54) is 0 Å². The third-order valence-electron chi connectivity index (χ3n) is 3.63. The molecule has 18 heavy (non-hydrogen) atoms. The first-order valence-corrected chi connectivity index (χ1v) is 6.42. The minimum absolute atomic E-state index is 0.213. The summed E-state index contributed by atoms with van der Waals surface area (Å²) in [6.45, 7) is 4.15. The lowest BCUT2D eigenvalue weighted by Gasteiger charge is -2.21. The number of hydrogen-bond donors (Lipinski definition) is 1. The summed E-state index contributed by atoms with van der Waals surface area (Å²) < 4.78 is 5.41. The summed E-state index contributed by atoms with van der Waals surface area (Å²) in [4.78, 5) is 0. The molecule has 0 spiro atoms. The lowest BCUT2D eigenvalue weighted by Crippen LogP contribution is -2.10. The van der Waals surface area contributed by atoms with Crippen molar-refractivity contribution in [1.82, 2.24) is 0 Å². The van der Waals surface area contributed by atoms with Gasteiger partial charge in [-0.2, -0.15) is 0 Å². The average Bonchev–Trinajstić information content (AvgIpc) is 2.44. The maximum Gasteiger partial charge on any atom is 0.125 e. The van der Waals surface area contributed by atoms with Crippen LogP contribution in [-0.4, -0.2) is 12.2 Å². The lowest BCUT2D eigenvalue weighted by molar-refractivity contribution is 0.114. The summed E-state index contributed by atoms with van der Waals surface area (Å²) in [5.74, 6) is 0.978. The van der Waals surface area contributed by atoms with E-state index in [-0.39, 0.29) is 5.92 Å². The Labute approximate surface area is 108 Å². The molecule has 0 heterocycles. The van der Waals surface area contributed by atoms with Crippen LogP contribution in [0.15, 0.2) is 36.4 Å². The number of hydrogen-bond acceptors (Lipinski definition) is 2. The minimum Gasteiger partial charge on any atom is -0.496 e. The standard InChI is InChI=1S/C16H20O2/c1-4-11(2)16(17)15-13-8-6-5-7-12(13)9-10-14(15)18-3/h5-11,16-17H,4H2,1-3H3. The molecule has 1 N–H and O–H groups in total. The van der Waals surface area contributed by atoms with Crippen molar-refractivity contribution in [1.29, 1.82) is 0 Å². The number of rotatable bonds is 4. The van der Waals surface area contributed by atoms with Gasteiger partial charge in [0, 0.05) is 5.56 Å². The molecule has 2 nitrogen and oxygen atoms in total. The van der Waals surface area contributed by atoms with Crippen molar-refractivity contribution in [2.24, 2.45) is 5.92 Å². The lowest BCUT2D eigenvalue weighted by atomic mass is 9.91. The molecule has 0 aliphatic rings. The molecule has 2 atom stereocenters. The molecule has 2 heteroatoms. The first-order chi connectivity index (χ1) is 8.69. The molecular formula is C16H20O2. The first-order valence-electron chi connectivity index (χ1n) is 6.42. The quantitative estimate of drug-likeness (QED) is 0.883. The van der Waals surface area contributed by atoms with E-state index in [1.54, 1.807) is 7.11 Å². The van der Waals surface area contributed by atoms with Gasteiger partial charge in [-0.15, -0.1) is 0 Å². The van der Waals surface area contributed by atoms with Crippen LogP contribution in [0.3, 0.4) is 0 Å². The molecule has 96 valence electrons. The number of aliphatic hydroxyl groups excluding tert-OH is 1. The van der Waals surface area contributed by atoms with Crippen LogP contribution in [0, 0.1) is 5.92 Å². The zero-order chi connectivity index (χ0) is 13.1. The molecule has 2 unspecified atom stereocenters. The molecule has 2 aromatic carbocycles. The van der Waals surface area contributed by atoms with Crippen molar-refractivity contribution in [3.8, 4) is 5.75 Å². The van der Waals surface area contributed by atoms with Gasteiger partial charge in [0.15, 0.2) is 0 Å². The maximum absolute atomic E-state index is 10.5. The number of fused-ring (bicyclic) bond motifs is 1. The first kappa shape index (κ1) is 12.9. The van der Waals surface area contributed by atoms with Gasteiger partial charge in [0.05, 0.1) is 13.2 Å². The molecule has 0 saturated carbocycles. The highest BCUT2D eigenvalue weighted by Gasteiger charge is 2.21. The smallest absolute Gasteiger partial charge is 0.125 e. The van der Waals surface area contributed by atoms with E-state index in [2.05, 4.69) is 19.9 Å². The second kappa shape index (κ2) is 5.40. The Morgan fingerprint density at radius 1 is 1.17 bits per heavy atom. The molecule has 0 amide bonds. The van der Waals surface area contributed by atoms with Gasteiger partial charge < -0.3 is 9.84 Å². The largest absolute Gasteiger partial charge is 0.496 e. The fourth-order valence-corrected chi connectivity index (χ4v) is 2.27. The molecule has 0 aliphatic carbocycles. The van der Waals surface area contributed by atoms with Crippen LogP contribution < -0.4 is 4.74 Å². The van der Waals surface area contributed by atoms with Crippen LogP contribution in [-0.2, 0) is 0 Å². The Balaban J connectivity index is 2.64. The van der Waals surface area contributed by atoms with Crippen molar-refractivity contribution in [2.75, 3.05) is 7.11 Å². The van der Waals surface area contributed by atoms with E-state index >= 15 is 0 Å². The van der Waals surface area contributed by atoms with Crippen LogP contribution in [0.25, 0.3) is 10.8 Å². The summed E-state index contributed by atoms with van der Waals surface area (Å²) in [5, 5.41) is 12.7. The van der Waals surface area contributed by atoms with Crippen LogP contribution in [0.1, 0.15) is 31.9 Å². The van der Waals surface area contributed by atoms with Crippen LogP contribution in [0.5, 0.6) is 5.75 Å². The highest BCUT2D eigenvalue weighted by atomic mass is 16.5. The molecule has 0 aromatic heterocycles. The van der Waals surface area contributed by atoms with Gasteiger partial charge in [0.25, 0.3) is 0 Å². The van der Waals surface area contributed by atoms with E-state index in [0.29, 0.717) is 0 Å². The van der Waals surface area contributed by atoms with Gasteiger partial charge in [-0.25, -0.2) is 0 Å². The monoisotopic (exact) mass is 244 g/mol. The van der Waals surface area contributed by atoms with Gasteiger partial charge >= 0.3 is 0 Å². The van der Waals surface area contributed by atoms with Crippen molar-refractivity contribution < 1.29 is 9.84 Å². The summed E-state index contributed by atoms with van der Waals surface area (Å²) in [6.07, 6.45) is 0.448. The van der Waals surface area contributed by atoms with Gasteiger partial charge in [0.2, 0.25) is 0 Å². The zero-order valence-electron chi connectivity index (χ0n) is 11.2. The van der Waals surface area contributed by atoms with Crippen molar-refractivity contribution in [2.45, 2.75) is 26.4 Å². The molecule has 2 aromatic rings. The van der Waals surface area contributed by atoms with E-state index in [0.717, 1.165) is 28.5 Å². The fourth-order valence-electron chi connectivity index (χ4n) is 2.27. The van der Waals surface area contributed by atoms with E-state index in [1.807, 2.05) is 30.3 Å². The number of aliphatic hydroxyl groups is 1. The Hall–Kier alpha value is -1.54. The minimum atomic E-state index is -0.490. The van der Waals surface area contributed by atoms with Crippen LogP contribution >= 0.6 is 0 Å². The van der Waals surface area contributed by atoms with Gasteiger partial charge in [-0.3, -0.25) is 0 Å². The SMILES string of the molecule is CCC(C)C(O)c1c(OC)ccc2ccccc12. The Kier molecular flexibility index (Phi) is 3.87. The Morgan fingerprint density at radius 2 is 1.89 bits per heavy atom. The Bertz CT molecular complexity index is 534. The van der Waals surface area contributed by atoms with Gasteiger partial charge in [-0.05, 0) is 22.8 Å². The summed E-state index contributed by atoms with van der Waals surface area (Å²) in [7, 11) is 1.65. The Morgan fingerprint density at radius 3 is 2.56 bits per heavy atom. The van der Waals surface area contributed by atoms with E-state index < -0.39 is 6.10 Å². The molecular weight excluding hydrogens is 224 g/mol. The second-order valence-electron chi connectivity index (χ2n) is 4.73. The summed E-state index contributed by atoms with van der Waals surface area (Å²) >= 11 is 0. The van der Waals surface area contributed by atoms with Gasteiger partial charge in [0.1, 0.15) is 5.75 Å². The van der Waals surface area contributed by atoms with Gasteiger partial charge in [-0.1, -0.05) is 50.6 Å². The average molecular weight is 244 g/mol. The second-order valence-corrected chi connectivity index (χ2v) is 4.73. The predicted octanol–water partition coefficient (Wildman–Crippen LogP) is 3.93. The number of benzene rings is 2. The number of methoxy groups -OCH3 is 1. The number of ether oxygens (including phenoxy) is 1. The molecule has 0 radical (unpaired) electrons. The normalized spacial score (nSPS) is 14.4. The molecule has 0 aliphatic heterocycles. The molecule has 0 fully saturated rings. The van der Waals surface area contributed by atoms with E-state index in [4.69, 9.17) is 4.74 Å². The van der Waals surface area contributed by atoms with Crippen molar-refractivity contribution >= 4 is 10.8 Å². The molecule has 2 rings (SSSR count). The molecule has 0 saturated heterocycles.